The molecule has 1 aromatic rings. The molecule has 0 saturated carbocycles. The van der Waals surface area contributed by atoms with Crippen molar-refractivity contribution in [1.82, 2.24) is 9.97 Å². The van der Waals surface area contributed by atoms with Gasteiger partial charge >= 0.3 is 0 Å². The molecule has 0 unspecified atom stereocenters. The normalized spacial score (nSPS) is 10.0. The highest BCUT2D eigenvalue weighted by Gasteiger charge is 2.05. The van der Waals surface area contributed by atoms with E-state index in [0.717, 1.165) is 6.54 Å². The maximum Gasteiger partial charge on any atom is 0.224 e. The van der Waals surface area contributed by atoms with Crippen LogP contribution >= 0.6 is 23.2 Å². The lowest BCUT2D eigenvalue weighted by atomic mass is 10.4. The lowest BCUT2D eigenvalue weighted by Crippen LogP contribution is -2.03. The van der Waals surface area contributed by atoms with Crippen molar-refractivity contribution in [2.24, 2.45) is 0 Å². The van der Waals surface area contributed by atoms with Crippen molar-refractivity contribution < 1.29 is 0 Å². The summed E-state index contributed by atoms with van der Waals surface area (Å²) in [5.41, 5.74) is 0.688. The smallest absolute Gasteiger partial charge is 0.224 e. The molecule has 0 aliphatic rings. The van der Waals surface area contributed by atoms with E-state index in [1.807, 2.05) is 6.92 Å². The van der Waals surface area contributed by atoms with E-state index in [1.165, 1.54) is 0 Å². The minimum atomic E-state index is 0.292. The van der Waals surface area contributed by atoms with Gasteiger partial charge in [0, 0.05) is 6.54 Å². The fourth-order valence-electron chi connectivity index (χ4n) is 0.761. The van der Waals surface area contributed by atoms with Gasteiger partial charge in [-0.3, -0.25) is 0 Å². The van der Waals surface area contributed by atoms with Gasteiger partial charge in [-0.05, 0) is 13.8 Å². The number of hydrogen-bond acceptors (Lipinski definition) is 3. The van der Waals surface area contributed by atoms with E-state index in [2.05, 4.69) is 15.3 Å². The van der Waals surface area contributed by atoms with E-state index < -0.39 is 0 Å². The van der Waals surface area contributed by atoms with Gasteiger partial charge in [0.1, 0.15) is 0 Å². The van der Waals surface area contributed by atoms with Crippen LogP contribution in [0.4, 0.5) is 5.95 Å². The molecule has 0 fully saturated rings. The van der Waals surface area contributed by atoms with Crippen LogP contribution in [0.1, 0.15) is 12.6 Å². The summed E-state index contributed by atoms with van der Waals surface area (Å²) in [6, 6.07) is 0. The first-order valence-electron chi connectivity index (χ1n) is 3.58. The van der Waals surface area contributed by atoms with Crippen LogP contribution < -0.4 is 5.32 Å². The highest BCUT2D eigenvalue weighted by atomic mass is 35.5. The van der Waals surface area contributed by atoms with Crippen molar-refractivity contribution in [2.75, 3.05) is 11.9 Å². The van der Waals surface area contributed by atoms with Crippen LogP contribution in [-0.2, 0) is 0 Å². The molecule has 66 valence electrons. The number of hydrogen-bond donors (Lipinski definition) is 1. The zero-order chi connectivity index (χ0) is 9.14. The number of rotatable bonds is 2. The van der Waals surface area contributed by atoms with Crippen molar-refractivity contribution in [3.63, 3.8) is 0 Å². The largest absolute Gasteiger partial charge is 0.354 e. The third kappa shape index (κ3) is 1.99. The van der Waals surface area contributed by atoms with Gasteiger partial charge in [-0.25, -0.2) is 4.98 Å². The Morgan fingerprint density at radius 3 is 2.50 bits per heavy atom. The van der Waals surface area contributed by atoms with Crippen LogP contribution in [-0.4, -0.2) is 16.5 Å². The summed E-state index contributed by atoms with van der Waals surface area (Å²) in [7, 11) is 0. The average Bonchev–Trinajstić information content (AvgIpc) is 2.01. The molecule has 0 spiro atoms. The first-order chi connectivity index (χ1) is 5.65. The molecule has 1 heterocycles. The summed E-state index contributed by atoms with van der Waals surface area (Å²) in [4.78, 5) is 8.02. The van der Waals surface area contributed by atoms with Crippen molar-refractivity contribution in [3.8, 4) is 0 Å². The Hall–Kier alpha value is -0.540. The molecule has 3 nitrogen and oxygen atoms in total. The van der Waals surface area contributed by atoms with Crippen LogP contribution in [0.3, 0.4) is 0 Å². The molecule has 1 aromatic heterocycles. The minimum Gasteiger partial charge on any atom is -0.354 e. The van der Waals surface area contributed by atoms with Crippen LogP contribution in [0.5, 0.6) is 0 Å². The zero-order valence-electron chi connectivity index (χ0n) is 6.86. The Kier molecular flexibility index (Phi) is 3.12. The maximum absolute atomic E-state index is 5.77. The van der Waals surface area contributed by atoms with E-state index >= 15 is 0 Å². The third-order valence-corrected chi connectivity index (χ3v) is 2.13. The van der Waals surface area contributed by atoms with E-state index in [9.17, 15) is 0 Å². The molecule has 0 bridgehead atoms. The fourth-order valence-corrected chi connectivity index (χ4v) is 1.06. The summed E-state index contributed by atoms with van der Waals surface area (Å²) in [6.07, 6.45) is 0. The first-order valence-corrected chi connectivity index (χ1v) is 4.34. The zero-order valence-corrected chi connectivity index (χ0v) is 8.37. The fraction of sp³-hybridized carbons (Fsp3) is 0.429. The standard InChI is InChI=1S/C7H9Cl2N3/c1-3-10-7-11-4(2)5(8)6(9)12-7/h3H2,1-2H3,(H,10,11,12). The molecule has 0 radical (unpaired) electrons. The minimum absolute atomic E-state index is 0.292. The SMILES string of the molecule is CCNc1nc(C)c(Cl)c(Cl)n1. The van der Waals surface area contributed by atoms with Crippen LogP contribution in [0, 0.1) is 6.92 Å². The Morgan fingerprint density at radius 1 is 1.33 bits per heavy atom. The van der Waals surface area contributed by atoms with Gasteiger partial charge in [-0.2, -0.15) is 4.98 Å². The monoisotopic (exact) mass is 205 g/mol. The molecule has 1 N–H and O–H groups in total. The van der Waals surface area contributed by atoms with Crippen LogP contribution in [0.15, 0.2) is 0 Å². The molecule has 0 amide bonds. The van der Waals surface area contributed by atoms with E-state index in [1.54, 1.807) is 6.92 Å². The Labute approximate surface area is 81.1 Å². The van der Waals surface area contributed by atoms with Crippen LogP contribution in [0.2, 0.25) is 10.2 Å². The predicted molar refractivity (Wildman–Crippen MR) is 51.0 cm³/mol. The number of aromatic nitrogens is 2. The molecule has 0 atom stereocenters. The van der Waals surface area contributed by atoms with Gasteiger partial charge in [0.25, 0.3) is 0 Å². The number of halogens is 2. The summed E-state index contributed by atoms with van der Waals surface area (Å²) >= 11 is 11.5. The Bertz CT molecular complexity index is 265. The molecule has 12 heavy (non-hydrogen) atoms. The molecule has 0 aromatic carbocycles. The molecule has 1 rings (SSSR count). The Morgan fingerprint density at radius 2 is 2.00 bits per heavy atom. The number of aryl methyl sites for hydroxylation is 1. The maximum atomic E-state index is 5.77. The molecular formula is C7H9Cl2N3. The number of nitrogens with zero attached hydrogens (tertiary/aromatic N) is 2. The van der Waals surface area contributed by atoms with Crippen molar-refractivity contribution in [3.05, 3.63) is 15.9 Å². The molecule has 0 aliphatic carbocycles. The summed E-state index contributed by atoms with van der Waals surface area (Å²) in [5.74, 6) is 0.518. The third-order valence-electron chi connectivity index (χ3n) is 1.31. The first kappa shape index (κ1) is 9.55. The Balaban J connectivity index is 3.04. The van der Waals surface area contributed by atoms with E-state index in [-0.39, 0.29) is 0 Å². The molecule has 0 saturated heterocycles. The van der Waals surface area contributed by atoms with Gasteiger partial charge < -0.3 is 5.32 Å². The summed E-state index contributed by atoms with van der Waals surface area (Å²) < 4.78 is 0. The second-order valence-electron chi connectivity index (χ2n) is 2.27. The quantitative estimate of drug-likeness (QED) is 0.755. The predicted octanol–water partition coefficient (Wildman–Crippen LogP) is 2.52. The molecule has 5 heteroatoms. The van der Waals surface area contributed by atoms with Gasteiger partial charge in [0.15, 0.2) is 5.15 Å². The number of anilines is 1. The molecule has 0 aliphatic heterocycles. The lowest BCUT2D eigenvalue weighted by molar-refractivity contribution is 1.05. The highest BCUT2D eigenvalue weighted by Crippen LogP contribution is 2.22. The topological polar surface area (TPSA) is 37.8 Å². The van der Waals surface area contributed by atoms with Crippen molar-refractivity contribution in [1.29, 1.82) is 0 Å². The number of nitrogens with one attached hydrogen (secondary N) is 1. The van der Waals surface area contributed by atoms with E-state index in [4.69, 9.17) is 23.2 Å². The second kappa shape index (κ2) is 3.92. The van der Waals surface area contributed by atoms with Crippen molar-refractivity contribution in [2.45, 2.75) is 13.8 Å². The molecular weight excluding hydrogens is 197 g/mol. The van der Waals surface area contributed by atoms with Gasteiger partial charge in [-0.15, -0.1) is 0 Å². The second-order valence-corrected chi connectivity index (χ2v) is 3.00. The summed E-state index contributed by atoms with van der Waals surface area (Å²) in [5, 5.41) is 3.66. The van der Waals surface area contributed by atoms with Gasteiger partial charge in [-0.1, -0.05) is 23.2 Å². The van der Waals surface area contributed by atoms with Crippen LogP contribution in [0.25, 0.3) is 0 Å². The highest BCUT2D eigenvalue weighted by molar-refractivity contribution is 6.41. The van der Waals surface area contributed by atoms with Gasteiger partial charge in [0.2, 0.25) is 5.95 Å². The van der Waals surface area contributed by atoms with Gasteiger partial charge in [0.05, 0.1) is 10.7 Å². The summed E-state index contributed by atoms with van der Waals surface area (Å²) in [6.45, 7) is 4.51. The average molecular weight is 206 g/mol. The van der Waals surface area contributed by atoms with E-state index in [0.29, 0.717) is 21.8 Å². The van der Waals surface area contributed by atoms with Crippen molar-refractivity contribution >= 4 is 29.2 Å². The lowest BCUT2D eigenvalue weighted by Gasteiger charge is -2.04.